The number of aryl methyl sites for hydroxylation is 1. The summed E-state index contributed by atoms with van der Waals surface area (Å²) in [4.78, 5) is 13.3. The number of carbonyl (C=O) groups excluding carboxylic acids is 1. The van der Waals surface area contributed by atoms with E-state index in [9.17, 15) is 13.2 Å². The Morgan fingerprint density at radius 3 is 2.68 bits per heavy atom. The molecule has 0 aliphatic carbocycles. The van der Waals surface area contributed by atoms with E-state index >= 15 is 0 Å². The molecular formula is C11H19N3O4S. The second-order valence-electron chi connectivity index (χ2n) is 4.65. The number of nitrogens with zero attached hydrogens (tertiary/aromatic N) is 2. The van der Waals surface area contributed by atoms with Crippen LogP contribution in [-0.2, 0) is 21.2 Å². The number of carbonyl (C=O) groups is 1. The molecule has 108 valence electrons. The highest BCUT2D eigenvalue weighted by Gasteiger charge is 2.20. The monoisotopic (exact) mass is 289 g/mol. The Morgan fingerprint density at radius 1 is 1.58 bits per heavy atom. The van der Waals surface area contributed by atoms with E-state index in [-0.39, 0.29) is 24.6 Å². The van der Waals surface area contributed by atoms with Gasteiger partial charge in [-0.1, -0.05) is 5.16 Å². The van der Waals surface area contributed by atoms with Gasteiger partial charge in [0.1, 0.15) is 21.3 Å². The molecule has 0 radical (unpaired) electrons. The zero-order valence-corrected chi connectivity index (χ0v) is 12.1. The van der Waals surface area contributed by atoms with Gasteiger partial charge in [-0.15, -0.1) is 0 Å². The molecular weight excluding hydrogens is 270 g/mol. The molecule has 1 aromatic heterocycles. The molecule has 0 aliphatic rings. The van der Waals surface area contributed by atoms with Crippen LogP contribution in [0.2, 0.25) is 0 Å². The third-order valence-electron chi connectivity index (χ3n) is 2.57. The molecule has 1 atom stereocenters. The molecule has 2 N–H and O–H groups in total. The number of nitrogens with two attached hydrogens (primary N) is 1. The van der Waals surface area contributed by atoms with E-state index in [1.165, 1.54) is 4.90 Å². The molecule has 1 aromatic rings. The molecule has 0 aromatic carbocycles. The maximum Gasteiger partial charge on any atom is 0.239 e. The highest BCUT2D eigenvalue weighted by Crippen LogP contribution is 2.06. The molecule has 1 heterocycles. The van der Waals surface area contributed by atoms with Crippen LogP contribution in [0, 0.1) is 6.92 Å². The Kier molecular flexibility index (Phi) is 5.07. The standard InChI is InChI=1S/C11H19N3O4S/c1-8-6-9(13-18-8)7-14(2)11(15)10(12)4-5-19(3,16)17/h6,10H,4-5,7,12H2,1-3H3. The minimum Gasteiger partial charge on any atom is -0.361 e. The van der Waals surface area contributed by atoms with Crippen LogP contribution in [0.3, 0.4) is 0 Å². The van der Waals surface area contributed by atoms with E-state index in [0.29, 0.717) is 11.5 Å². The lowest BCUT2D eigenvalue weighted by atomic mass is 10.2. The fourth-order valence-electron chi connectivity index (χ4n) is 1.56. The summed E-state index contributed by atoms with van der Waals surface area (Å²) in [6.45, 7) is 2.04. The number of sulfone groups is 1. The van der Waals surface area contributed by atoms with Gasteiger partial charge in [0.05, 0.1) is 18.3 Å². The zero-order chi connectivity index (χ0) is 14.6. The van der Waals surface area contributed by atoms with Gasteiger partial charge < -0.3 is 15.2 Å². The Bertz CT molecular complexity index is 538. The van der Waals surface area contributed by atoms with Crippen molar-refractivity contribution in [3.05, 3.63) is 17.5 Å². The largest absolute Gasteiger partial charge is 0.361 e. The van der Waals surface area contributed by atoms with Gasteiger partial charge in [0.2, 0.25) is 5.91 Å². The van der Waals surface area contributed by atoms with Crippen LogP contribution in [-0.4, -0.2) is 49.5 Å². The van der Waals surface area contributed by atoms with Crippen molar-refractivity contribution in [1.29, 1.82) is 0 Å². The third kappa shape index (κ3) is 5.39. The average Bonchev–Trinajstić information content (AvgIpc) is 2.69. The van der Waals surface area contributed by atoms with Crippen LogP contribution in [0.15, 0.2) is 10.6 Å². The van der Waals surface area contributed by atoms with Gasteiger partial charge in [-0.05, 0) is 13.3 Å². The van der Waals surface area contributed by atoms with Crippen molar-refractivity contribution in [2.75, 3.05) is 19.1 Å². The Labute approximate surface area is 112 Å². The summed E-state index contributed by atoms with van der Waals surface area (Å²) in [6, 6.07) is 0.902. The van der Waals surface area contributed by atoms with Gasteiger partial charge in [0, 0.05) is 19.4 Å². The Balaban J connectivity index is 2.52. The summed E-state index contributed by atoms with van der Waals surface area (Å²) in [6.07, 6.45) is 1.23. The quantitative estimate of drug-likeness (QED) is 0.770. The number of amides is 1. The Morgan fingerprint density at radius 2 is 2.21 bits per heavy atom. The smallest absolute Gasteiger partial charge is 0.239 e. The topological polar surface area (TPSA) is 106 Å². The SMILES string of the molecule is Cc1cc(CN(C)C(=O)C(N)CCS(C)(=O)=O)no1. The molecule has 0 spiro atoms. The summed E-state index contributed by atoms with van der Waals surface area (Å²) in [5.41, 5.74) is 6.31. The van der Waals surface area contributed by atoms with Crippen LogP contribution in [0.25, 0.3) is 0 Å². The summed E-state index contributed by atoms with van der Waals surface area (Å²) >= 11 is 0. The lowest BCUT2D eigenvalue weighted by Gasteiger charge is -2.19. The lowest BCUT2D eigenvalue weighted by Crippen LogP contribution is -2.42. The first kappa shape index (κ1) is 15.6. The van der Waals surface area contributed by atoms with Crippen molar-refractivity contribution in [2.45, 2.75) is 25.9 Å². The minimum atomic E-state index is -3.11. The van der Waals surface area contributed by atoms with E-state index in [1.54, 1.807) is 20.0 Å². The van der Waals surface area contributed by atoms with Crippen molar-refractivity contribution in [3.8, 4) is 0 Å². The third-order valence-corrected chi connectivity index (χ3v) is 3.55. The molecule has 0 aliphatic heterocycles. The first-order valence-electron chi connectivity index (χ1n) is 5.79. The number of likely N-dealkylation sites (N-methyl/N-ethyl adjacent to an activating group) is 1. The van der Waals surface area contributed by atoms with E-state index < -0.39 is 15.9 Å². The van der Waals surface area contributed by atoms with Crippen molar-refractivity contribution < 1.29 is 17.7 Å². The molecule has 0 fully saturated rings. The molecule has 0 saturated heterocycles. The van der Waals surface area contributed by atoms with Crippen LogP contribution >= 0.6 is 0 Å². The van der Waals surface area contributed by atoms with Gasteiger partial charge in [-0.2, -0.15) is 0 Å². The predicted molar refractivity (Wildman–Crippen MR) is 70.0 cm³/mol. The zero-order valence-electron chi connectivity index (χ0n) is 11.3. The first-order valence-corrected chi connectivity index (χ1v) is 7.85. The number of hydrogen-bond acceptors (Lipinski definition) is 6. The van der Waals surface area contributed by atoms with Gasteiger partial charge >= 0.3 is 0 Å². The normalized spacial score (nSPS) is 13.3. The summed E-state index contributed by atoms with van der Waals surface area (Å²) in [5.74, 6) is 0.248. The molecule has 1 amide bonds. The Hall–Kier alpha value is -1.41. The molecule has 8 heteroatoms. The van der Waals surface area contributed by atoms with Crippen molar-refractivity contribution >= 4 is 15.7 Å². The highest BCUT2D eigenvalue weighted by molar-refractivity contribution is 7.90. The van der Waals surface area contributed by atoms with E-state index in [2.05, 4.69) is 5.16 Å². The molecule has 19 heavy (non-hydrogen) atoms. The molecule has 7 nitrogen and oxygen atoms in total. The highest BCUT2D eigenvalue weighted by atomic mass is 32.2. The van der Waals surface area contributed by atoms with Gasteiger partial charge in [0.15, 0.2) is 0 Å². The van der Waals surface area contributed by atoms with Crippen molar-refractivity contribution in [2.24, 2.45) is 5.73 Å². The number of aromatic nitrogens is 1. The maximum atomic E-state index is 11.9. The van der Waals surface area contributed by atoms with E-state index in [0.717, 1.165) is 6.26 Å². The van der Waals surface area contributed by atoms with Crippen molar-refractivity contribution in [1.82, 2.24) is 10.1 Å². The molecule has 1 unspecified atom stereocenters. The van der Waals surface area contributed by atoms with E-state index in [1.807, 2.05) is 0 Å². The fraction of sp³-hybridized carbons (Fsp3) is 0.636. The maximum absolute atomic E-state index is 11.9. The first-order chi connectivity index (χ1) is 8.69. The van der Waals surface area contributed by atoms with Crippen LogP contribution < -0.4 is 5.73 Å². The van der Waals surface area contributed by atoms with Gasteiger partial charge in [0.25, 0.3) is 0 Å². The summed E-state index contributed by atoms with van der Waals surface area (Å²) in [7, 11) is -1.52. The van der Waals surface area contributed by atoms with Crippen LogP contribution in [0.5, 0.6) is 0 Å². The molecule has 1 rings (SSSR count). The minimum absolute atomic E-state index is 0.100. The second kappa shape index (κ2) is 6.16. The molecule has 0 saturated carbocycles. The van der Waals surface area contributed by atoms with Crippen LogP contribution in [0.1, 0.15) is 17.9 Å². The van der Waals surface area contributed by atoms with Gasteiger partial charge in [-0.3, -0.25) is 4.79 Å². The average molecular weight is 289 g/mol. The number of rotatable bonds is 6. The van der Waals surface area contributed by atoms with Crippen molar-refractivity contribution in [3.63, 3.8) is 0 Å². The molecule has 0 bridgehead atoms. The van der Waals surface area contributed by atoms with E-state index in [4.69, 9.17) is 10.3 Å². The summed E-state index contributed by atoms with van der Waals surface area (Å²) in [5, 5.41) is 3.78. The van der Waals surface area contributed by atoms with Gasteiger partial charge in [-0.25, -0.2) is 8.42 Å². The summed E-state index contributed by atoms with van der Waals surface area (Å²) < 4.78 is 26.9. The lowest BCUT2D eigenvalue weighted by molar-refractivity contribution is -0.131. The number of hydrogen-bond donors (Lipinski definition) is 1. The fourth-order valence-corrected chi connectivity index (χ4v) is 2.24. The predicted octanol–water partition coefficient (Wildman–Crippen LogP) is -0.297. The van der Waals surface area contributed by atoms with Crippen LogP contribution in [0.4, 0.5) is 0 Å². The second-order valence-corrected chi connectivity index (χ2v) is 6.91.